The largest absolute Gasteiger partial charge is 0.463 e. The molecule has 0 radical (unpaired) electrons. The highest BCUT2D eigenvalue weighted by Crippen LogP contribution is 2.42. The molecule has 1 fully saturated rings. The van der Waals surface area contributed by atoms with Gasteiger partial charge in [0, 0.05) is 24.7 Å². The molecule has 1 saturated carbocycles. The van der Waals surface area contributed by atoms with E-state index in [0.717, 1.165) is 12.8 Å². The number of unbranched alkanes of at least 4 members (excludes halogenated alkanes) is 1. The minimum absolute atomic E-state index is 0.0462. The number of ketones is 1. The van der Waals surface area contributed by atoms with Gasteiger partial charge < -0.3 is 9.16 Å². The van der Waals surface area contributed by atoms with E-state index in [1.165, 1.54) is 0 Å². The zero-order chi connectivity index (χ0) is 21.5. The number of hydrogen-bond acceptors (Lipinski definition) is 4. The molecule has 0 N–H and O–H groups in total. The van der Waals surface area contributed by atoms with E-state index in [-0.39, 0.29) is 40.8 Å². The SMILES string of the molecule is C=C[C@H]1C(O[Si](C)(C)C(C)(C)C)CC(=O)[C@@H]1C/C=C\CCCC(=O)OC(C)C. The predicted octanol–water partition coefficient (Wildman–Crippen LogP) is 5.84. The van der Waals surface area contributed by atoms with Gasteiger partial charge in [-0.2, -0.15) is 0 Å². The maximum Gasteiger partial charge on any atom is 0.306 e. The third-order valence-corrected chi connectivity index (χ3v) is 10.4. The van der Waals surface area contributed by atoms with Gasteiger partial charge in [0.15, 0.2) is 8.32 Å². The van der Waals surface area contributed by atoms with E-state index >= 15 is 0 Å². The Labute approximate surface area is 172 Å². The first-order valence-electron chi connectivity index (χ1n) is 10.6. The molecule has 28 heavy (non-hydrogen) atoms. The van der Waals surface area contributed by atoms with Crippen LogP contribution in [-0.4, -0.2) is 32.3 Å². The van der Waals surface area contributed by atoms with Gasteiger partial charge in [-0.15, -0.1) is 6.58 Å². The topological polar surface area (TPSA) is 52.6 Å². The summed E-state index contributed by atoms with van der Waals surface area (Å²) in [6.07, 6.45) is 9.15. The highest BCUT2D eigenvalue weighted by Gasteiger charge is 2.46. The van der Waals surface area contributed by atoms with Gasteiger partial charge in [-0.25, -0.2) is 0 Å². The van der Waals surface area contributed by atoms with E-state index in [4.69, 9.17) is 9.16 Å². The van der Waals surface area contributed by atoms with E-state index in [0.29, 0.717) is 19.3 Å². The van der Waals surface area contributed by atoms with Crippen LogP contribution < -0.4 is 0 Å². The summed E-state index contributed by atoms with van der Waals surface area (Å²) in [4.78, 5) is 24.1. The summed E-state index contributed by atoms with van der Waals surface area (Å²) in [5, 5.41) is 0.122. The van der Waals surface area contributed by atoms with Crippen molar-refractivity contribution in [1.82, 2.24) is 0 Å². The Balaban J connectivity index is 2.54. The van der Waals surface area contributed by atoms with Crippen LogP contribution in [0.15, 0.2) is 24.8 Å². The standard InChI is InChI=1S/C23H40O4Si/c1-9-18-19(14-12-10-11-13-15-22(25)26-17(2)3)20(24)16-21(18)27-28(7,8)23(4,5)6/h9-10,12,17-19,21H,1,11,13-16H2,2-8H3/b12-10-/t18-,19-,21?/m1/s1. The molecule has 160 valence electrons. The molecule has 0 aromatic rings. The van der Waals surface area contributed by atoms with Crippen LogP contribution in [0, 0.1) is 11.8 Å². The van der Waals surface area contributed by atoms with E-state index in [1.807, 2.05) is 19.9 Å². The Kier molecular flexibility index (Phi) is 9.35. The number of carbonyl (C=O) groups is 2. The monoisotopic (exact) mass is 408 g/mol. The molecule has 0 spiro atoms. The minimum Gasteiger partial charge on any atom is -0.463 e. The Morgan fingerprint density at radius 3 is 2.46 bits per heavy atom. The predicted molar refractivity (Wildman–Crippen MR) is 118 cm³/mol. The Morgan fingerprint density at radius 1 is 1.29 bits per heavy atom. The maximum atomic E-state index is 12.6. The second-order valence-electron chi connectivity index (χ2n) is 9.64. The summed E-state index contributed by atoms with van der Waals surface area (Å²) >= 11 is 0. The molecule has 0 aromatic heterocycles. The molecule has 0 heterocycles. The fourth-order valence-corrected chi connectivity index (χ4v) is 4.64. The van der Waals surface area contributed by atoms with Gasteiger partial charge in [-0.05, 0) is 51.2 Å². The van der Waals surface area contributed by atoms with Crippen molar-refractivity contribution in [2.24, 2.45) is 11.8 Å². The first-order chi connectivity index (χ1) is 12.9. The molecule has 1 aliphatic rings. The lowest BCUT2D eigenvalue weighted by molar-refractivity contribution is -0.147. The van der Waals surface area contributed by atoms with Crippen molar-refractivity contribution in [3.63, 3.8) is 0 Å². The average Bonchev–Trinajstić information content (AvgIpc) is 2.82. The molecule has 3 atom stereocenters. The number of Topliss-reactive ketones (excluding diaryl/α,β-unsaturated/α-hetero) is 1. The lowest BCUT2D eigenvalue weighted by Gasteiger charge is -2.39. The van der Waals surface area contributed by atoms with E-state index < -0.39 is 8.32 Å². The number of ether oxygens (including phenoxy) is 1. The molecule has 0 aromatic carbocycles. The summed E-state index contributed by atoms with van der Waals surface area (Å²) in [5.74, 6) is 0.159. The van der Waals surface area contributed by atoms with Crippen LogP contribution in [0.5, 0.6) is 0 Å². The number of esters is 1. The second kappa shape index (κ2) is 10.5. The van der Waals surface area contributed by atoms with E-state index in [9.17, 15) is 9.59 Å². The summed E-state index contributed by atoms with van der Waals surface area (Å²) in [6.45, 7) is 18.8. The third-order valence-electron chi connectivity index (χ3n) is 5.91. The highest BCUT2D eigenvalue weighted by molar-refractivity contribution is 6.74. The summed E-state index contributed by atoms with van der Waals surface area (Å²) in [5.41, 5.74) is 0. The summed E-state index contributed by atoms with van der Waals surface area (Å²) in [6, 6.07) is 0. The molecule has 0 amide bonds. The van der Waals surface area contributed by atoms with Gasteiger partial charge in [0.1, 0.15) is 5.78 Å². The number of hydrogen-bond donors (Lipinski definition) is 0. The molecular formula is C23H40O4Si. The van der Waals surface area contributed by atoms with Crippen LogP contribution in [0.2, 0.25) is 18.1 Å². The van der Waals surface area contributed by atoms with Crippen molar-refractivity contribution in [3.8, 4) is 0 Å². The van der Waals surface area contributed by atoms with Crippen molar-refractivity contribution < 1.29 is 18.8 Å². The third kappa shape index (κ3) is 7.32. The van der Waals surface area contributed by atoms with Gasteiger partial charge in [0.05, 0.1) is 12.2 Å². The second-order valence-corrected chi connectivity index (χ2v) is 14.4. The van der Waals surface area contributed by atoms with Crippen LogP contribution >= 0.6 is 0 Å². The molecule has 1 unspecified atom stereocenters. The first kappa shape index (κ1) is 24.8. The molecule has 1 rings (SSSR count). The molecule has 1 aliphatic carbocycles. The van der Waals surface area contributed by atoms with Gasteiger partial charge in [-0.3, -0.25) is 9.59 Å². The molecule has 5 heteroatoms. The molecular weight excluding hydrogens is 368 g/mol. The average molecular weight is 409 g/mol. The van der Waals surface area contributed by atoms with Crippen molar-refractivity contribution in [2.45, 2.75) is 97.1 Å². The fraction of sp³-hybridized carbons (Fsp3) is 0.739. The van der Waals surface area contributed by atoms with Gasteiger partial charge in [-0.1, -0.05) is 39.0 Å². The lowest BCUT2D eigenvalue weighted by atomic mass is 9.91. The smallest absolute Gasteiger partial charge is 0.306 e. The number of rotatable bonds is 10. The summed E-state index contributed by atoms with van der Waals surface area (Å²) < 4.78 is 11.7. The number of carbonyl (C=O) groups excluding carboxylic acids is 2. The number of allylic oxidation sites excluding steroid dienone is 2. The molecule has 0 saturated heterocycles. The van der Waals surface area contributed by atoms with Crippen molar-refractivity contribution >= 4 is 20.1 Å². The van der Waals surface area contributed by atoms with Crippen LogP contribution in [0.25, 0.3) is 0 Å². The van der Waals surface area contributed by atoms with Gasteiger partial charge in [0.25, 0.3) is 0 Å². The molecule has 0 aliphatic heterocycles. The highest BCUT2D eigenvalue weighted by atomic mass is 28.4. The van der Waals surface area contributed by atoms with Crippen LogP contribution in [-0.2, 0) is 18.8 Å². The van der Waals surface area contributed by atoms with E-state index in [2.05, 4.69) is 52.6 Å². The minimum atomic E-state index is -1.92. The van der Waals surface area contributed by atoms with Crippen LogP contribution in [0.3, 0.4) is 0 Å². The van der Waals surface area contributed by atoms with Gasteiger partial charge >= 0.3 is 5.97 Å². The molecule has 4 nitrogen and oxygen atoms in total. The molecule has 0 bridgehead atoms. The zero-order valence-electron chi connectivity index (χ0n) is 18.9. The van der Waals surface area contributed by atoms with Crippen molar-refractivity contribution in [1.29, 1.82) is 0 Å². The summed E-state index contributed by atoms with van der Waals surface area (Å²) in [7, 11) is -1.92. The van der Waals surface area contributed by atoms with Crippen molar-refractivity contribution in [3.05, 3.63) is 24.8 Å². The Hall–Kier alpha value is -1.20. The lowest BCUT2D eigenvalue weighted by Crippen LogP contribution is -2.44. The van der Waals surface area contributed by atoms with Crippen LogP contribution in [0.4, 0.5) is 0 Å². The Bertz CT molecular complexity index is 572. The van der Waals surface area contributed by atoms with Crippen LogP contribution in [0.1, 0.15) is 66.7 Å². The quantitative estimate of drug-likeness (QED) is 0.197. The normalized spacial score (nSPS) is 23.6. The zero-order valence-corrected chi connectivity index (χ0v) is 19.9. The van der Waals surface area contributed by atoms with Crippen molar-refractivity contribution in [2.75, 3.05) is 0 Å². The maximum absolute atomic E-state index is 12.6. The first-order valence-corrected chi connectivity index (χ1v) is 13.5. The van der Waals surface area contributed by atoms with E-state index in [1.54, 1.807) is 0 Å². The Morgan fingerprint density at radius 2 is 1.93 bits per heavy atom. The van der Waals surface area contributed by atoms with Gasteiger partial charge in [0.2, 0.25) is 0 Å². The fourth-order valence-electron chi connectivity index (χ4n) is 3.29.